The third kappa shape index (κ3) is 2.06. The molecule has 0 aliphatic carbocycles. The van der Waals surface area contributed by atoms with Crippen LogP contribution in [-0.4, -0.2) is 6.29 Å². The molecule has 19 heavy (non-hydrogen) atoms. The van der Waals surface area contributed by atoms with Gasteiger partial charge in [-0.3, -0.25) is 4.79 Å². The minimum absolute atomic E-state index is 0.711. The van der Waals surface area contributed by atoms with E-state index < -0.39 is 0 Å². The molecule has 2 nitrogen and oxygen atoms in total. The Balaban J connectivity index is 2.18. The maximum Gasteiger partial charge on any atom is 0.269 e. The van der Waals surface area contributed by atoms with E-state index in [1.54, 1.807) is 11.3 Å². The van der Waals surface area contributed by atoms with Gasteiger partial charge in [-0.1, -0.05) is 29.5 Å². The number of benzene rings is 2. The summed E-state index contributed by atoms with van der Waals surface area (Å²) < 4.78 is 3.49. The van der Waals surface area contributed by atoms with E-state index in [0.29, 0.717) is 5.56 Å². The van der Waals surface area contributed by atoms with Gasteiger partial charge in [0.1, 0.15) is 18.0 Å². The number of thiazole rings is 1. The average Bonchev–Trinajstić information content (AvgIpc) is 2.76. The van der Waals surface area contributed by atoms with E-state index in [4.69, 9.17) is 0 Å². The molecular weight excluding hydrogens is 254 g/mol. The summed E-state index contributed by atoms with van der Waals surface area (Å²) in [6, 6.07) is 14.2. The van der Waals surface area contributed by atoms with Gasteiger partial charge in [-0.2, -0.15) is 4.57 Å². The molecule has 0 spiro atoms. The van der Waals surface area contributed by atoms with Gasteiger partial charge in [-0.25, -0.2) is 0 Å². The minimum atomic E-state index is 0.711. The number of fused-ring (bicyclic) bond motifs is 1. The first kappa shape index (κ1) is 12.1. The monoisotopic (exact) mass is 268 g/mol. The van der Waals surface area contributed by atoms with Crippen LogP contribution in [-0.2, 0) is 7.05 Å². The summed E-state index contributed by atoms with van der Waals surface area (Å²) in [7, 11) is 2.08. The van der Waals surface area contributed by atoms with Crippen molar-refractivity contribution in [1.29, 1.82) is 0 Å². The highest BCUT2D eigenvalue weighted by Gasteiger charge is 2.18. The van der Waals surface area contributed by atoms with Crippen LogP contribution in [0.4, 0.5) is 0 Å². The lowest BCUT2D eigenvalue weighted by Crippen LogP contribution is -2.28. The molecule has 0 fully saturated rings. The Bertz CT molecular complexity index is 756. The van der Waals surface area contributed by atoms with E-state index in [9.17, 15) is 4.79 Å². The smallest absolute Gasteiger partial charge is 0.269 e. The highest BCUT2D eigenvalue weighted by atomic mass is 32.1. The lowest BCUT2D eigenvalue weighted by Gasteiger charge is -1.95. The Labute approximate surface area is 115 Å². The molecule has 3 rings (SSSR count). The van der Waals surface area contributed by atoms with Gasteiger partial charge in [0.15, 0.2) is 0 Å². The zero-order valence-corrected chi connectivity index (χ0v) is 11.7. The van der Waals surface area contributed by atoms with E-state index in [-0.39, 0.29) is 0 Å². The van der Waals surface area contributed by atoms with E-state index >= 15 is 0 Å². The van der Waals surface area contributed by atoms with Crippen LogP contribution in [0.1, 0.15) is 15.9 Å². The number of carbonyl (C=O) groups is 1. The molecule has 0 bridgehead atoms. The highest BCUT2D eigenvalue weighted by Crippen LogP contribution is 2.28. The number of aryl methyl sites for hydroxylation is 2. The molecule has 0 unspecified atom stereocenters. The highest BCUT2D eigenvalue weighted by molar-refractivity contribution is 7.21. The molecule has 0 atom stereocenters. The molecule has 0 saturated carbocycles. The lowest BCUT2D eigenvalue weighted by atomic mass is 10.1. The van der Waals surface area contributed by atoms with Crippen molar-refractivity contribution in [2.45, 2.75) is 6.92 Å². The van der Waals surface area contributed by atoms with Crippen molar-refractivity contribution in [3.05, 3.63) is 53.6 Å². The van der Waals surface area contributed by atoms with Crippen LogP contribution < -0.4 is 4.57 Å². The van der Waals surface area contributed by atoms with Crippen molar-refractivity contribution in [3.63, 3.8) is 0 Å². The Morgan fingerprint density at radius 3 is 2.53 bits per heavy atom. The Kier molecular flexibility index (Phi) is 2.91. The predicted octanol–water partition coefficient (Wildman–Crippen LogP) is 3.51. The number of aldehydes is 1. The van der Waals surface area contributed by atoms with Crippen LogP contribution in [0.3, 0.4) is 0 Å². The summed E-state index contributed by atoms with van der Waals surface area (Å²) in [4.78, 5) is 10.7. The fourth-order valence-electron chi connectivity index (χ4n) is 2.21. The summed E-state index contributed by atoms with van der Waals surface area (Å²) in [5.74, 6) is 0. The summed E-state index contributed by atoms with van der Waals surface area (Å²) in [6.07, 6.45) is 0.873. The first-order valence-electron chi connectivity index (χ1n) is 6.14. The molecule has 0 aliphatic heterocycles. The zero-order chi connectivity index (χ0) is 13.4. The normalized spacial score (nSPS) is 10.8. The van der Waals surface area contributed by atoms with Crippen molar-refractivity contribution >= 4 is 27.8 Å². The second-order valence-corrected chi connectivity index (χ2v) is 5.71. The maximum absolute atomic E-state index is 10.7. The van der Waals surface area contributed by atoms with Crippen LogP contribution in [0, 0.1) is 6.92 Å². The first-order valence-corrected chi connectivity index (χ1v) is 6.95. The summed E-state index contributed by atoms with van der Waals surface area (Å²) in [6.45, 7) is 2.11. The molecule has 3 heteroatoms. The van der Waals surface area contributed by atoms with E-state index in [2.05, 4.69) is 36.7 Å². The van der Waals surface area contributed by atoms with Crippen LogP contribution in [0.5, 0.6) is 0 Å². The van der Waals surface area contributed by atoms with Crippen molar-refractivity contribution in [2.24, 2.45) is 7.05 Å². The number of aromatic nitrogens is 1. The molecule has 0 saturated heterocycles. The SMILES string of the molecule is Cc1ccc2sc(-c3ccc(C=O)cc3)[n+](C)c2c1. The first-order chi connectivity index (χ1) is 9.19. The molecule has 0 aliphatic rings. The third-order valence-corrected chi connectivity index (χ3v) is 4.55. The maximum atomic E-state index is 10.7. The van der Waals surface area contributed by atoms with Crippen LogP contribution in [0.15, 0.2) is 42.5 Å². The lowest BCUT2D eigenvalue weighted by molar-refractivity contribution is -0.629. The second-order valence-electron chi connectivity index (χ2n) is 4.68. The summed E-state index contributed by atoms with van der Waals surface area (Å²) in [5, 5.41) is 1.21. The molecule has 94 valence electrons. The molecular formula is C16H14NOS+. The van der Waals surface area contributed by atoms with Gasteiger partial charge < -0.3 is 0 Å². The summed E-state index contributed by atoms with van der Waals surface area (Å²) >= 11 is 1.77. The molecule has 0 amide bonds. The molecule has 0 N–H and O–H groups in total. The van der Waals surface area contributed by atoms with Crippen molar-refractivity contribution in [3.8, 4) is 10.6 Å². The number of hydrogen-bond acceptors (Lipinski definition) is 2. The zero-order valence-electron chi connectivity index (χ0n) is 10.9. The second kappa shape index (κ2) is 4.59. The number of rotatable bonds is 2. The molecule has 3 aromatic rings. The van der Waals surface area contributed by atoms with Gasteiger partial charge in [0, 0.05) is 11.6 Å². The fraction of sp³-hybridized carbons (Fsp3) is 0.125. The van der Waals surface area contributed by atoms with Gasteiger partial charge >= 0.3 is 0 Å². The Morgan fingerprint density at radius 1 is 1.11 bits per heavy atom. The predicted molar refractivity (Wildman–Crippen MR) is 78.6 cm³/mol. The van der Waals surface area contributed by atoms with E-state index in [1.165, 1.54) is 20.8 Å². The Morgan fingerprint density at radius 2 is 1.84 bits per heavy atom. The van der Waals surface area contributed by atoms with E-state index in [1.807, 2.05) is 24.3 Å². The molecule has 1 heterocycles. The summed E-state index contributed by atoms with van der Waals surface area (Å²) in [5.41, 5.74) is 4.37. The number of nitrogens with zero attached hydrogens (tertiary/aromatic N) is 1. The van der Waals surface area contributed by atoms with Crippen LogP contribution >= 0.6 is 11.3 Å². The largest absolute Gasteiger partial charge is 0.298 e. The van der Waals surface area contributed by atoms with Gasteiger partial charge in [-0.05, 0) is 30.7 Å². The quantitative estimate of drug-likeness (QED) is 0.514. The molecule has 2 aromatic carbocycles. The minimum Gasteiger partial charge on any atom is -0.298 e. The van der Waals surface area contributed by atoms with Gasteiger partial charge in [0.2, 0.25) is 5.52 Å². The van der Waals surface area contributed by atoms with Gasteiger partial charge in [0.25, 0.3) is 5.01 Å². The number of hydrogen-bond donors (Lipinski definition) is 0. The van der Waals surface area contributed by atoms with Crippen LogP contribution in [0.2, 0.25) is 0 Å². The van der Waals surface area contributed by atoms with E-state index in [0.717, 1.165) is 11.8 Å². The van der Waals surface area contributed by atoms with Crippen molar-refractivity contribution < 1.29 is 9.36 Å². The van der Waals surface area contributed by atoms with Gasteiger partial charge in [-0.15, -0.1) is 0 Å². The molecule has 0 radical (unpaired) electrons. The van der Waals surface area contributed by atoms with Gasteiger partial charge in [0.05, 0.1) is 5.56 Å². The Hall–Kier alpha value is -2.00. The number of carbonyl (C=O) groups excluding carboxylic acids is 1. The average molecular weight is 268 g/mol. The molecule has 1 aromatic heterocycles. The van der Waals surface area contributed by atoms with Crippen molar-refractivity contribution in [1.82, 2.24) is 0 Å². The third-order valence-electron chi connectivity index (χ3n) is 3.28. The van der Waals surface area contributed by atoms with Crippen LogP contribution in [0.25, 0.3) is 20.8 Å². The topological polar surface area (TPSA) is 20.9 Å². The van der Waals surface area contributed by atoms with Crippen molar-refractivity contribution in [2.75, 3.05) is 0 Å². The fourth-order valence-corrected chi connectivity index (χ4v) is 3.35. The standard InChI is InChI=1S/C16H14NOS/c1-11-3-8-15-14(9-11)17(2)16(19-15)13-6-4-12(10-18)5-7-13/h3-10H,1-2H3/q+1.